The molecule has 1 saturated heterocycles. The van der Waals surface area contributed by atoms with Crippen LogP contribution < -0.4 is 10.6 Å². The van der Waals surface area contributed by atoms with Crippen molar-refractivity contribution in [1.29, 1.82) is 0 Å². The summed E-state index contributed by atoms with van der Waals surface area (Å²) in [5, 5.41) is 5.14. The van der Waals surface area contributed by atoms with E-state index in [9.17, 15) is 40.7 Å². The third-order valence-corrected chi connectivity index (χ3v) is 8.52. The van der Waals surface area contributed by atoms with E-state index in [-0.39, 0.29) is 24.3 Å². The highest BCUT2D eigenvalue weighted by Gasteiger charge is 2.52. The van der Waals surface area contributed by atoms with Crippen LogP contribution in [0.15, 0.2) is 42.7 Å². The molecule has 3 aliphatic rings. The van der Waals surface area contributed by atoms with Crippen molar-refractivity contribution >= 4 is 23.5 Å². The van der Waals surface area contributed by atoms with E-state index in [1.807, 2.05) is 0 Å². The first-order valence-electron chi connectivity index (χ1n) is 13.4. The van der Waals surface area contributed by atoms with E-state index in [0.717, 1.165) is 0 Å². The first-order valence-corrected chi connectivity index (χ1v) is 13.4. The van der Waals surface area contributed by atoms with Crippen LogP contribution in [0.4, 0.5) is 32.2 Å². The lowest BCUT2D eigenvalue weighted by Gasteiger charge is -2.43. The third-order valence-electron chi connectivity index (χ3n) is 8.52. The Morgan fingerprint density at radius 1 is 1.12 bits per heavy atom. The van der Waals surface area contributed by atoms with E-state index in [2.05, 4.69) is 20.6 Å². The number of hydrogen-bond acceptors (Lipinski definition) is 5. The molecule has 4 heterocycles. The number of anilines is 1. The molecule has 1 aromatic carbocycles. The number of nitrogens with one attached hydrogen (secondary N) is 2. The average molecular weight is 604 g/mol. The summed E-state index contributed by atoms with van der Waals surface area (Å²) in [6.07, 6.45) is -2.11. The van der Waals surface area contributed by atoms with Crippen molar-refractivity contribution in [3.8, 4) is 0 Å². The Kier molecular flexibility index (Phi) is 6.69. The van der Waals surface area contributed by atoms with Gasteiger partial charge in [0.25, 0.3) is 5.91 Å². The van der Waals surface area contributed by atoms with Gasteiger partial charge in [-0.3, -0.25) is 19.4 Å². The number of benzene rings is 1. The molecular weight excluding hydrogens is 580 g/mol. The SMILES string of the molecule is C[C@H]1[C@@H](c2c(F)ccc(F)c2F)C[C@H](NC(=O)c2cnc3c(c2)C[C@@]2(C3)C(=O)Nc3ncccc32)C(=O)N1CC(F)(F)F. The number of nitrogens with zero attached hydrogens (tertiary/aromatic N) is 3. The van der Waals surface area contributed by atoms with Crippen molar-refractivity contribution in [3.05, 3.63) is 88.1 Å². The first-order chi connectivity index (χ1) is 20.3. The summed E-state index contributed by atoms with van der Waals surface area (Å²) >= 11 is 0. The summed E-state index contributed by atoms with van der Waals surface area (Å²) in [4.78, 5) is 48.4. The van der Waals surface area contributed by atoms with Gasteiger partial charge < -0.3 is 15.5 Å². The molecule has 3 amide bonds. The molecule has 1 fully saturated rings. The topological polar surface area (TPSA) is 104 Å². The van der Waals surface area contributed by atoms with Gasteiger partial charge in [0, 0.05) is 47.6 Å². The van der Waals surface area contributed by atoms with Gasteiger partial charge in [0.1, 0.15) is 24.2 Å². The molecule has 0 radical (unpaired) electrons. The van der Waals surface area contributed by atoms with Crippen molar-refractivity contribution < 1.29 is 40.7 Å². The average Bonchev–Trinajstić information content (AvgIpc) is 3.47. The minimum absolute atomic E-state index is 0.0333. The van der Waals surface area contributed by atoms with Gasteiger partial charge in [-0.2, -0.15) is 13.2 Å². The lowest BCUT2D eigenvalue weighted by Crippen LogP contribution is -2.60. The standard InChI is InChI=1S/C29H23F6N5O3/c1-13-16(22-18(30)4-5-19(31)23(22)32)8-20(26(42)40(13)12-29(33,34)35)38-25(41)15-7-14-9-28(10-21(14)37-11-15)17-3-2-6-36-24(17)39-27(28)43/h2-7,11,13,16,20H,8-10,12H2,1H3,(H,38,41)(H,36,39,43)/t13-,16-,20-,28-/m0/s1. The van der Waals surface area contributed by atoms with Gasteiger partial charge in [-0.05, 0) is 49.6 Å². The van der Waals surface area contributed by atoms with Gasteiger partial charge in [-0.1, -0.05) is 6.07 Å². The molecule has 224 valence electrons. The number of likely N-dealkylation sites (tertiary alicyclic amines) is 1. The Morgan fingerprint density at radius 3 is 2.60 bits per heavy atom. The maximum Gasteiger partial charge on any atom is 0.406 e. The number of hydrogen-bond donors (Lipinski definition) is 2. The third kappa shape index (κ3) is 4.78. The quantitative estimate of drug-likeness (QED) is 0.348. The van der Waals surface area contributed by atoms with Gasteiger partial charge in [0.15, 0.2) is 11.6 Å². The largest absolute Gasteiger partial charge is 0.406 e. The van der Waals surface area contributed by atoms with Crippen LogP contribution in [0, 0.1) is 17.5 Å². The second kappa shape index (κ2) is 10.1. The Bertz CT molecular complexity index is 1680. The highest BCUT2D eigenvalue weighted by molar-refractivity contribution is 6.06. The molecule has 0 bridgehead atoms. The molecule has 3 aromatic rings. The Hall–Kier alpha value is -4.49. The second-order valence-electron chi connectivity index (χ2n) is 11.1. The zero-order valence-electron chi connectivity index (χ0n) is 22.4. The van der Waals surface area contributed by atoms with Gasteiger partial charge in [0.05, 0.1) is 11.0 Å². The normalized spacial score (nSPS) is 24.6. The van der Waals surface area contributed by atoms with Crippen LogP contribution in [0.2, 0.25) is 0 Å². The number of halogens is 6. The van der Waals surface area contributed by atoms with Gasteiger partial charge in [0.2, 0.25) is 11.8 Å². The van der Waals surface area contributed by atoms with Crippen LogP contribution in [-0.2, 0) is 27.8 Å². The van der Waals surface area contributed by atoms with Gasteiger partial charge in [-0.25, -0.2) is 18.2 Å². The number of rotatable bonds is 4. The lowest BCUT2D eigenvalue weighted by molar-refractivity contribution is -0.170. The van der Waals surface area contributed by atoms with Crippen molar-refractivity contribution in [2.75, 3.05) is 11.9 Å². The highest BCUT2D eigenvalue weighted by Crippen LogP contribution is 2.46. The van der Waals surface area contributed by atoms with Crippen LogP contribution in [0.5, 0.6) is 0 Å². The molecule has 1 spiro atoms. The van der Waals surface area contributed by atoms with Crippen LogP contribution in [0.25, 0.3) is 0 Å². The van der Waals surface area contributed by atoms with Crippen molar-refractivity contribution in [2.24, 2.45) is 0 Å². The summed E-state index contributed by atoms with van der Waals surface area (Å²) in [5.74, 6) is -7.38. The van der Waals surface area contributed by atoms with Gasteiger partial charge in [-0.15, -0.1) is 0 Å². The van der Waals surface area contributed by atoms with E-state index in [0.29, 0.717) is 39.7 Å². The maximum absolute atomic E-state index is 14.7. The summed E-state index contributed by atoms with van der Waals surface area (Å²) in [6, 6.07) is 3.19. The zero-order chi connectivity index (χ0) is 30.8. The summed E-state index contributed by atoms with van der Waals surface area (Å²) in [6.45, 7) is -0.557. The first kappa shape index (κ1) is 28.6. The molecular formula is C29H23F6N5O3. The second-order valence-corrected chi connectivity index (χ2v) is 11.1. The summed E-state index contributed by atoms with van der Waals surface area (Å²) in [5.41, 5.74) is 0.0460. The smallest absolute Gasteiger partial charge is 0.340 e. The highest BCUT2D eigenvalue weighted by atomic mass is 19.4. The van der Waals surface area contributed by atoms with Gasteiger partial charge >= 0.3 is 6.18 Å². The molecule has 6 rings (SSSR count). The Balaban J connectivity index is 1.28. The molecule has 4 atom stereocenters. The van der Waals surface area contributed by atoms with E-state index in [4.69, 9.17) is 0 Å². The zero-order valence-corrected chi connectivity index (χ0v) is 22.4. The number of piperidine rings is 1. The number of pyridine rings is 2. The number of amides is 3. The van der Waals surface area contributed by atoms with Crippen LogP contribution in [-0.4, -0.2) is 57.4 Å². The minimum Gasteiger partial charge on any atom is -0.340 e. The van der Waals surface area contributed by atoms with Crippen molar-refractivity contribution in [1.82, 2.24) is 20.2 Å². The number of alkyl halides is 3. The number of aromatic nitrogens is 2. The molecule has 43 heavy (non-hydrogen) atoms. The molecule has 1 aliphatic carbocycles. The van der Waals surface area contributed by atoms with E-state index in [1.165, 1.54) is 19.2 Å². The predicted octanol–water partition coefficient (Wildman–Crippen LogP) is 3.95. The monoisotopic (exact) mass is 603 g/mol. The molecule has 0 unspecified atom stereocenters. The van der Waals surface area contributed by atoms with E-state index < -0.39 is 77.4 Å². The summed E-state index contributed by atoms with van der Waals surface area (Å²) < 4.78 is 83.8. The van der Waals surface area contributed by atoms with Crippen LogP contribution >= 0.6 is 0 Å². The Morgan fingerprint density at radius 2 is 1.86 bits per heavy atom. The fourth-order valence-electron chi connectivity index (χ4n) is 6.43. The molecule has 2 N–H and O–H groups in total. The molecule has 14 heteroatoms. The summed E-state index contributed by atoms with van der Waals surface area (Å²) in [7, 11) is 0. The molecule has 2 aliphatic heterocycles. The van der Waals surface area contributed by atoms with E-state index >= 15 is 0 Å². The van der Waals surface area contributed by atoms with E-state index in [1.54, 1.807) is 18.3 Å². The van der Waals surface area contributed by atoms with Crippen LogP contribution in [0.1, 0.15) is 52.0 Å². The van der Waals surface area contributed by atoms with Crippen LogP contribution in [0.3, 0.4) is 0 Å². The predicted molar refractivity (Wildman–Crippen MR) is 138 cm³/mol. The van der Waals surface area contributed by atoms with Crippen molar-refractivity contribution in [3.63, 3.8) is 0 Å². The van der Waals surface area contributed by atoms with Crippen molar-refractivity contribution in [2.45, 2.75) is 55.8 Å². The number of carbonyl (C=O) groups is 3. The maximum atomic E-state index is 14.7. The molecule has 8 nitrogen and oxygen atoms in total. The Labute approximate surface area is 240 Å². The molecule has 0 saturated carbocycles. The molecule has 2 aromatic heterocycles. The fraction of sp³-hybridized carbons (Fsp3) is 0.345. The lowest BCUT2D eigenvalue weighted by atomic mass is 9.80. The number of carbonyl (C=O) groups excluding carboxylic acids is 3. The fourth-order valence-corrected chi connectivity index (χ4v) is 6.43. The number of fused-ring (bicyclic) bond motifs is 3. The minimum atomic E-state index is -4.86.